The van der Waals surface area contributed by atoms with Gasteiger partial charge < -0.3 is 39.7 Å². The van der Waals surface area contributed by atoms with Crippen LogP contribution in [0.2, 0.25) is 0 Å². The van der Waals surface area contributed by atoms with E-state index < -0.39 is 18.2 Å². The summed E-state index contributed by atoms with van der Waals surface area (Å²) in [5, 5.41) is 8.06. The first-order valence-electron chi connectivity index (χ1n) is 25.3. The number of likely N-dealkylation sites (tertiary alicyclic amines) is 2. The minimum Gasteiger partial charge on any atom is -0.453 e. The molecule has 4 fully saturated rings. The van der Waals surface area contributed by atoms with Gasteiger partial charge in [0.15, 0.2) is 0 Å². The van der Waals surface area contributed by atoms with E-state index in [0.717, 1.165) is 79.0 Å². The summed E-state index contributed by atoms with van der Waals surface area (Å²) >= 11 is 0. The molecule has 14 nitrogen and oxygen atoms in total. The largest absolute Gasteiger partial charge is 0.453 e. The van der Waals surface area contributed by atoms with Crippen molar-refractivity contribution in [2.75, 3.05) is 27.3 Å². The standard InChI is InChI=1S/C56H64N8O6/c1-31(2)47(61-54(66)68-5)49-53(70-49)64-28-12-15-44(64)50-57-30-43(60-50)39-21-20-37(35-13-7-8-14-36(35)39)38-19-18-34(46-40(38)23-26-56(46)24-9-10-25-56)33-17-22-41-42(29-33)59-51(58-41)45-16-11-27-63(45)52(65)48(32(3)4)62-55(67)69-6/h7-8,13-14,17-22,29-31,44-45,47-49,53H,3,9-12,15-16,23-28H2,1-2,4-6H3,(H,57,60)(H,58,59)(H,61,66)(H,62,67)/t44-,45-,47-,48-,49?,53?/m0/s1. The highest BCUT2D eigenvalue weighted by Crippen LogP contribution is 2.56. The third-order valence-electron chi connectivity index (χ3n) is 16.2. The van der Waals surface area contributed by atoms with Gasteiger partial charge in [-0.3, -0.25) is 9.69 Å². The van der Waals surface area contributed by atoms with Crippen LogP contribution in [0.5, 0.6) is 0 Å². The fraction of sp³-hybridized carbons (Fsp3) is 0.446. The van der Waals surface area contributed by atoms with Crippen LogP contribution in [0.1, 0.15) is 113 Å². The van der Waals surface area contributed by atoms with Gasteiger partial charge in [0.05, 0.1) is 55.3 Å². The van der Waals surface area contributed by atoms with E-state index in [-0.39, 0.29) is 47.7 Å². The third kappa shape index (κ3) is 8.02. The van der Waals surface area contributed by atoms with Crippen LogP contribution in [-0.4, -0.2) is 99.6 Å². The van der Waals surface area contributed by atoms with Crippen LogP contribution >= 0.6 is 0 Å². The molecule has 5 heterocycles. The molecule has 3 saturated heterocycles. The lowest BCUT2D eigenvalue weighted by atomic mass is 9.76. The molecule has 3 aliphatic heterocycles. The number of alkyl carbamates (subject to hydrolysis) is 2. The fourth-order valence-corrected chi connectivity index (χ4v) is 12.7. The fourth-order valence-electron chi connectivity index (χ4n) is 12.7. The average Bonchev–Trinajstić information content (AvgIpc) is 4.13. The second kappa shape index (κ2) is 18.3. The first-order valence-corrected chi connectivity index (χ1v) is 25.3. The van der Waals surface area contributed by atoms with Gasteiger partial charge in [-0.05, 0) is 131 Å². The number of hydrogen-bond donors (Lipinski definition) is 4. The minimum absolute atomic E-state index is 0.0874. The molecular weight excluding hydrogens is 881 g/mol. The number of methoxy groups -OCH3 is 2. The van der Waals surface area contributed by atoms with Gasteiger partial charge in [-0.15, -0.1) is 0 Å². The molecule has 1 saturated carbocycles. The molecule has 11 rings (SSSR count). The lowest BCUT2D eigenvalue weighted by Gasteiger charge is -2.28. The topological polar surface area (TPSA) is 170 Å². The van der Waals surface area contributed by atoms with Gasteiger partial charge in [-0.1, -0.05) is 87.9 Å². The van der Waals surface area contributed by atoms with E-state index >= 15 is 0 Å². The highest BCUT2D eigenvalue weighted by atomic mass is 16.6. The second-order valence-electron chi connectivity index (χ2n) is 20.6. The van der Waals surface area contributed by atoms with Crippen molar-refractivity contribution in [3.05, 3.63) is 108 Å². The Morgan fingerprint density at radius 2 is 1.51 bits per heavy atom. The molecule has 6 aromatic rings. The summed E-state index contributed by atoms with van der Waals surface area (Å²) in [5.74, 6) is 1.66. The highest BCUT2D eigenvalue weighted by Gasteiger charge is 2.53. The number of fused-ring (bicyclic) bond motifs is 4. The maximum atomic E-state index is 13.9. The van der Waals surface area contributed by atoms with Crippen molar-refractivity contribution in [3.8, 4) is 33.5 Å². The minimum atomic E-state index is -0.882. The molecule has 1 spiro atoms. The molecule has 5 aliphatic rings. The average molecular weight is 945 g/mol. The second-order valence-corrected chi connectivity index (χ2v) is 20.6. The summed E-state index contributed by atoms with van der Waals surface area (Å²) in [6.45, 7) is 11.4. The Morgan fingerprint density at radius 3 is 2.27 bits per heavy atom. The zero-order valence-electron chi connectivity index (χ0n) is 40.9. The van der Waals surface area contributed by atoms with Crippen molar-refractivity contribution in [3.63, 3.8) is 0 Å². The number of amides is 3. The van der Waals surface area contributed by atoms with Gasteiger partial charge in [0.25, 0.3) is 0 Å². The van der Waals surface area contributed by atoms with Crippen molar-refractivity contribution < 1.29 is 28.6 Å². The molecular formula is C56H64N8O6. The maximum Gasteiger partial charge on any atom is 0.407 e. The molecule has 4 aromatic carbocycles. The maximum absolute atomic E-state index is 13.9. The molecule has 14 heteroatoms. The quantitative estimate of drug-likeness (QED) is 0.0689. The zero-order valence-corrected chi connectivity index (χ0v) is 40.9. The summed E-state index contributed by atoms with van der Waals surface area (Å²) in [5.41, 5.74) is 12.6. The first kappa shape index (κ1) is 45.9. The Morgan fingerprint density at radius 1 is 0.814 bits per heavy atom. The number of nitrogens with zero attached hydrogens (tertiary/aromatic N) is 4. The molecule has 3 amide bonds. The normalized spacial score (nSPS) is 22.5. The van der Waals surface area contributed by atoms with E-state index in [4.69, 9.17) is 24.2 Å². The monoisotopic (exact) mass is 944 g/mol. The zero-order chi connectivity index (χ0) is 48.4. The first-order chi connectivity index (χ1) is 34.0. The number of rotatable bonds is 12. The number of benzene rings is 4. The van der Waals surface area contributed by atoms with Crippen molar-refractivity contribution in [1.82, 2.24) is 40.4 Å². The van der Waals surface area contributed by atoms with Gasteiger partial charge in [0, 0.05) is 18.7 Å². The molecule has 2 aliphatic carbocycles. The summed E-state index contributed by atoms with van der Waals surface area (Å²) < 4.78 is 16.0. The Balaban J connectivity index is 0.897. The molecule has 4 N–H and O–H groups in total. The van der Waals surface area contributed by atoms with E-state index in [9.17, 15) is 14.4 Å². The number of carbonyl (C=O) groups excluding carboxylic acids is 3. The lowest BCUT2D eigenvalue weighted by molar-refractivity contribution is -0.133. The van der Waals surface area contributed by atoms with Gasteiger partial charge in [0.2, 0.25) is 5.91 Å². The van der Waals surface area contributed by atoms with Crippen LogP contribution in [0.3, 0.4) is 0 Å². The molecule has 2 aromatic heterocycles. The summed E-state index contributed by atoms with van der Waals surface area (Å²) in [6, 6.07) is 23.5. The van der Waals surface area contributed by atoms with Crippen molar-refractivity contribution in [2.45, 2.75) is 127 Å². The SMILES string of the molecule is C=C(C)[C@H](NC(=O)OC)C(=O)N1CCC[C@H]1c1nc2ccc(-c3ccc(-c4ccc(-c5cnc([C@@H]6CCCN6C6OC6[C@@H](NC(=O)OC)C(C)C)[nH]5)c5ccccc45)c4c3C3(CCCC3)CC4)cc2[nH]1. The third-order valence-corrected chi connectivity index (χ3v) is 16.2. The highest BCUT2D eigenvalue weighted by molar-refractivity contribution is 6.05. The van der Waals surface area contributed by atoms with Crippen molar-refractivity contribution in [1.29, 1.82) is 0 Å². The predicted octanol–water partition coefficient (Wildman–Crippen LogP) is 10.4. The van der Waals surface area contributed by atoms with E-state index in [0.29, 0.717) is 12.1 Å². The van der Waals surface area contributed by atoms with Crippen LogP contribution in [0.4, 0.5) is 9.59 Å². The van der Waals surface area contributed by atoms with Crippen LogP contribution in [0.25, 0.3) is 55.3 Å². The van der Waals surface area contributed by atoms with Crippen LogP contribution in [0.15, 0.2) is 85.1 Å². The number of epoxide rings is 1. The van der Waals surface area contributed by atoms with Gasteiger partial charge >= 0.3 is 12.2 Å². The lowest BCUT2D eigenvalue weighted by Crippen LogP contribution is -2.49. The molecule has 2 unspecified atom stereocenters. The Hall–Kier alpha value is -6.51. The van der Waals surface area contributed by atoms with Gasteiger partial charge in [0.1, 0.15) is 30.0 Å². The number of ether oxygens (including phenoxy) is 3. The molecule has 0 radical (unpaired) electrons. The Labute approximate surface area is 408 Å². The number of nitrogens with one attached hydrogen (secondary N) is 4. The van der Waals surface area contributed by atoms with Crippen molar-refractivity contribution >= 4 is 39.9 Å². The van der Waals surface area contributed by atoms with Gasteiger partial charge in [-0.2, -0.15) is 0 Å². The van der Waals surface area contributed by atoms with E-state index in [2.05, 4.69) is 113 Å². The smallest absolute Gasteiger partial charge is 0.407 e. The van der Waals surface area contributed by atoms with Crippen LogP contribution in [-0.2, 0) is 30.8 Å². The summed E-state index contributed by atoms with van der Waals surface area (Å²) in [6.07, 6.45) is 11.4. The Bertz CT molecular complexity index is 3020. The van der Waals surface area contributed by atoms with Crippen LogP contribution in [0, 0.1) is 5.92 Å². The van der Waals surface area contributed by atoms with E-state index in [1.807, 2.05) is 11.1 Å². The van der Waals surface area contributed by atoms with Crippen LogP contribution < -0.4 is 10.6 Å². The number of imidazole rings is 2. The summed E-state index contributed by atoms with van der Waals surface area (Å²) in [7, 11) is 2.68. The molecule has 6 atom stereocenters. The Kier molecular flexibility index (Phi) is 12.0. The molecule has 364 valence electrons. The van der Waals surface area contributed by atoms with E-state index in [1.165, 1.54) is 84.1 Å². The molecule has 0 bridgehead atoms. The van der Waals surface area contributed by atoms with Crippen molar-refractivity contribution in [2.24, 2.45) is 5.92 Å². The van der Waals surface area contributed by atoms with E-state index in [1.54, 1.807) is 6.92 Å². The number of aromatic amines is 2. The molecule has 70 heavy (non-hydrogen) atoms. The number of hydrogen-bond acceptors (Lipinski definition) is 9. The number of carbonyl (C=O) groups is 3. The van der Waals surface area contributed by atoms with Gasteiger partial charge in [-0.25, -0.2) is 19.6 Å². The number of H-pyrrole nitrogens is 2. The number of aromatic nitrogens is 4. The summed E-state index contributed by atoms with van der Waals surface area (Å²) in [4.78, 5) is 59.8. The predicted molar refractivity (Wildman–Crippen MR) is 270 cm³/mol.